The van der Waals surface area contributed by atoms with E-state index in [0.717, 1.165) is 31.9 Å². The molecule has 9 heteroatoms. The van der Waals surface area contributed by atoms with Crippen LogP contribution in [-0.2, 0) is 22.1 Å². The summed E-state index contributed by atoms with van der Waals surface area (Å²) in [7, 11) is 1.74. The number of hydrogen-bond acceptors (Lipinski definition) is 4. The van der Waals surface area contributed by atoms with Crippen molar-refractivity contribution in [1.82, 2.24) is 10.2 Å². The van der Waals surface area contributed by atoms with E-state index in [9.17, 15) is 18.0 Å². The molecular weight excluding hydrogens is 546 g/mol. The molecule has 5 nitrogen and oxygen atoms in total. The molecule has 2 heterocycles. The van der Waals surface area contributed by atoms with E-state index in [1.54, 1.807) is 12.0 Å². The second kappa shape index (κ2) is 11.9. The molecule has 232 valence electrons. The molecule has 1 amide bonds. The number of halogens is 4. The molecule has 2 aliphatic heterocycles. The van der Waals surface area contributed by atoms with Gasteiger partial charge >= 0.3 is 6.18 Å². The summed E-state index contributed by atoms with van der Waals surface area (Å²) in [5.41, 5.74) is 1.39. The minimum absolute atomic E-state index is 0.0551. The number of carbonyl (C=O) groups excluding carboxylic acids is 1. The van der Waals surface area contributed by atoms with Crippen molar-refractivity contribution >= 4 is 11.6 Å². The fourth-order valence-electron chi connectivity index (χ4n) is 7.89. The van der Waals surface area contributed by atoms with Crippen molar-refractivity contribution in [2.24, 2.45) is 17.3 Å². The molecule has 5 rings (SSSR count). The van der Waals surface area contributed by atoms with Gasteiger partial charge < -0.3 is 19.9 Å². The Morgan fingerprint density at radius 1 is 1.24 bits per heavy atom. The summed E-state index contributed by atoms with van der Waals surface area (Å²) in [6, 6.07) is 2.26. The number of anilines is 1. The van der Waals surface area contributed by atoms with Gasteiger partial charge in [-0.3, -0.25) is 4.79 Å². The maximum atomic E-state index is 15.3. The van der Waals surface area contributed by atoms with Gasteiger partial charge in [0.15, 0.2) is 5.82 Å². The molecule has 2 aliphatic carbocycles. The van der Waals surface area contributed by atoms with Crippen molar-refractivity contribution in [2.45, 2.75) is 90.0 Å². The molecule has 3 fully saturated rings. The zero-order valence-corrected chi connectivity index (χ0v) is 25.3. The molecule has 1 N–H and O–H groups in total. The maximum Gasteiger partial charge on any atom is 0.419 e. The van der Waals surface area contributed by atoms with Gasteiger partial charge in [-0.25, -0.2) is 4.39 Å². The van der Waals surface area contributed by atoms with E-state index < -0.39 is 23.0 Å². The lowest BCUT2D eigenvalue weighted by atomic mass is 9.73. The largest absolute Gasteiger partial charge is 0.419 e. The molecule has 5 atom stereocenters. The third-order valence-electron chi connectivity index (χ3n) is 10.4. The highest BCUT2D eigenvalue weighted by Gasteiger charge is 2.53. The number of rotatable bonds is 9. The highest BCUT2D eigenvalue weighted by molar-refractivity contribution is 5.85. The minimum Gasteiger partial charge on any atom is -0.384 e. The number of amides is 1. The average molecular weight is 592 g/mol. The number of methoxy groups -OCH3 is 1. The first-order valence-corrected chi connectivity index (χ1v) is 15.4. The van der Waals surface area contributed by atoms with Gasteiger partial charge in [-0.2, -0.15) is 13.2 Å². The molecule has 1 saturated carbocycles. The van der Waals surface area contributed by atoms with E-state index >= 15 is 4.39 Å². The van der Waals surface area contributed by atoms with Gasteiger partial charge in [-0.15, -0.1) is 0 Å². The number of carbonyl (C=O) groups is 1. The molecule has 0 radical (unpaired) electrons. The molecule has 1 aromatic rings. The summed E-state index contributed by atoms with van der Waals surface area (Å²) < 4.78 is 61.4. The van der Waals surface area contributed by atoms with Crippen LogP contribution in [0.3, 0.4) is 0 Å². The molecule has 42 heavy (non-hydrogen) atoms. The zero-order valence-electron chi connectivity index (χ0n) is 25.3. The molecule has 2 saturated heterocycles. The number of aryl methyl sites for hydroxylation is 1. The number of ether oxygens (including phenoxy) is 1. The van der Waals surface area contributed by atoms with E-state index in [4.69, 9.17) is 4.74 Å². The molecule has 0 spiro atoms. The first-order valence-electron chi connectivity index (χ1n) is 15.4. The molecule has 1 aromatic carbocycles. The van der Waals surface area contributed by atoms with Crippen molar-refractivity contribution in [3.05, 3.63) is 52.9 Å². The van der Waals surface area contributed by atoms with Crippen LogP contribution in [-0.4, -0.2) is 62.3 Å². The molecular formula is C33H45F4N3O2. The Morgan fingerprint density at radius 3 is 2.62 bits per heavy atom. The van der Waals surface area contributed by atoms with Gasteiger partial charge in [0, 0.05) is 44.7 Å². The fraction of sp³-hybridized carbons (Fsp3) is 0.667. The Morgan fingerprint density at radius 2 is 2.00 bits per heavy atom. The number of nitrogens with zero attached hydrogens (tertiary/aromatic N) is 2. The molecule has 5 unspecified atom stereocenters. The van der Waals surface area contributed by atoms with Crippen LogP contribution in [0.5, 0.6) is 0 Å². The number of likely N-dealkylation sites (tertiary alicyclic amines) is 1. The first-order chi connectivity index (χ1) is 19.9. The van der Waals surface area contributed by atoms with Crippen LogP contribution in [0.25, 0.3) is 0 Å². The average Bonchev–Trinajstić information content (AvgIpc) is 3.66. The number of alkyl halides is 3. The maximum absolute atomic E-state index is 15.3. The van der Waals surface area contributed by atoms with Gasteiger partial charge in [0.25, 0.3) is 0 Å². The van der Waals surface area contributed by atoms with Gasteiger partial charge in [0.2, 0.25) is 5.91 Å². The lowest BCUT2D eigenvalue weighted by Crippen LogP contribution is -2.54. The second-order valence-electron chi connectivity index (χ2n) is 13.2. The number of allylic oxidation sites excluding steroid dienone is 2. The van der Waals surface area contributed by atoms with Crippen LogP contribution in [0.2, 0.25) is 0 Å². The SMILES string of the molecule is C=C1CCC(NCC2=CCC(C(=O)N3CC4CC3CN4c3c(CC)ccc(C(F)(F)F)c3F)(C(C)C)C2)C(COC)C1. The number of piperazine rings is 1. The monoisotopic (exact) mass is 591 g/mol. The van der Waals surface area contributed by atoms with Crippen molar-refractivity contribution in [1.29, 1.82) is 0 Å². The summed E-state index contributed by atoms with van der Waals surface area (Å²) in [6.07, 6.45) is 2.96. The third kappa shape index (κ3) is 5.63. The lowest BCUT2D eigenvalue weighted by molar-refractivity contribution is -0.145. The van der Waals surface area contributed by atoms with Gasteiger partial charge in [-0.1, -0.05) is 50.6 Å². The van der Waals surface area contributed by atoms with Gasteiger partial charge in [0.1, 0.15) is 0 Å². The first kappa shape index (κ1) is 31.0. The number of benzene rings is 1. The van der Waals surface area contributed by atoms with E-state index in [-0.39, 0.29) is 29.6 Å². The van der Waals surface area contributed by atoms with Crippen LogP contribution in [0.15, 0.2) is 35.9 Å². The lowest BCUT2D eigenvalue weighted by Gasteiger charge is -2.42. The van der Waals surface area contributed by atoms with Crippen LogP contribution in [0.4, 0.5) is 23.2 Å². The minimum atomic E-state index is -4.76. The Labute approximate surface area is 247 Å². The summed E-state index contributed by atoms with van der Waals surface area (Å²) in [4.78, 5) is 18.0. The summed E-state index contributed by atoms with van der Waals surface area (Å²) in [5.74, 6) is -0.547. The van der Waals surface area contributed by atoms with Crippen molar-refractivity contribution in [3.8, 4) is 0 Å². The number of fused-ring (bicyclic) bond motifs is 2. The fourth-order valence-corrected chi connectivity index (χ4v) is 7.89. The summed E-state index contributed by atoms with van der Waals surface area (Å²) in [5, 5.41) is 3.75. The summed E-state index contributed by atoms with van der Waals surface area (Å²) in [6.45, 7) is 12.4. The standard InChI is InChI=1S/C33H45F4N3O2/c1-6-23-8-9-27(33(35,36)37)29(34)30(23)39-17-26-14-25(39)18-40(26)31(41)32(20(2)3)12-11-22(15-32)16-38-28-10-7-21(4)13-24(28)19-42-5/h8-9,11,20,24-26,28,38H,4,6-7,10,12-19H2,1-3,5H3. The van der Waals surface area contributed by atoms with E-state index in [0.29, 0.717) is 62.9 Å². The van der Waals surface area contributed by atoms with E-state index in [1.807, 2.05) is 11.8 Å². The smallest absolute Gasteiger partial charge is 0.384 e. The highest BCUT2D eigenvalue weighted by atomic mass is 19.4. The Bertz CT molecular complexity index is 1230. The van der Waals surface area contributed by atoms with Crippen molar-refractivity contribution < 1.29 is 27.1 Å². The predicted molar refractivity (Wildman–Crippen MR) is 157 cm³/mol. The third-order valence-corrected chi connectivity index (χ3v) is 10.4. The normalized spacial score (nSPS) is 29.6. The van der Waals surface area contributed by atoms with Crippen molar-refractivity contribution in [3.63, 3.8) is 0 Å². The summed E-state index contributed by atoms with van der Waals surface area (Å²) >= 11 is 0. The van der Waals surface area contributed by atoms with E-state index in [2.05, 4.69) is 31.8 Å². The Hall–Kier alpha value is -2.39. The zero-order chi connectivity index (χ0) is 30.4. The number of hydrogen-bond donors (Lipinski definition) is 1. The highest BCUT2D eigenvalue weighted by Crippen LogP contribution is 2.48. The van der Waals surface area contributed by atoms with Gasteiger partial charge in [-0.05, 0) is 62.5 Å². The van der Waals surface area contributed by atoms with Crippen LogP contribution >= 0.6 is 0 Å². The van der Waals surface area contributed by atoms with Crippen molar-refractivity contribution in [2.75, 3.05) is 38.3 Å². The predicted octanol–water partition coefficient (Wildman–Crippen LogP) is 6.52. The molecule has 2 bridgehead atoms. The molecule has 0 aromatic heterocycles. The van der Waals surface area contributed by atoms with Gasteiger partial charge in [0.05, 0.1) is 29.3 Å². The quantitative estimate of drug-likeness (QED) is 0.262. The number of nitrogens with one attached hydrogen (secondary N) is 1. The van der Waals surface area contributed by atoms with Crippen LogP contribution < -0.4 is 10.2 Å². The Balaban J connectivity index is 1.26. The van der Waals surface area contributed by atoms with E-state index in [1.165, 1.54) is 17.2 Å². The van der Waals surface area contributed by atoms with Crippen LogP contribution in [0.1, 0.15) is 70.4 Å². The topological polar surface area (TPSA) is 44.8 Å². The molecule has 4 aliphatic rings. The second-order valence-corrected chi connectivity index (χ2v) is 13.2. The van der Waals surface area contributed by atoms with Crippen LogP contribution in [0, 0.1) is 23.1 Å². The Kier molecular flexibility index (Phi) is 8.83.